The zero-order chi connectivity index (χ0) is 15.0. The van der Waals surface area contributed by atoms with Gasteiger partial charge in [0.2, 0.25) is 0 Å². The van der Waals surface area contributed by atoms with Gasteiger partial charge in [0, 0.05) is 12.2 Å². The molecule has 20 heavy (non-hydrogen) atoms. The molecule has 5 heteroatoms. The molecule has 1 aromatic heterocycles. The van der Waals surface area contributed by atoms with Crippen LogP contribution in [0.4, 0.5) is 5.82 Å². The Morgan fingerprint density at radius 3 is 2.40 bits per heavy atom. The van der Waals surface area contributed by atoms with Crippen molar-refractivity contribution in [3.05, 3.63) is 18.3 Å². The summed E-state index contributed by atoms with van der Waals surface area (Å²) in [6.07, 6.45) is 2.85. The van der Waals surface area contributed by atoms with E-state index in [0.29, 0.717) is 6.04 Å². The molecule has 0 aliphatic carbocycles. The zero-order valence-corrected chi connectivity index (χ0v) is 13.4. The van der Waals surface area contributed by atoms with Crippen LogP contribution in [0.1, 0.15) is 48.0 Å². The summed E-state index contributed by atoms with van der Waals surface area (Å²) in [4.78, 5) is 4.35. The van der Waals surface area contributed by atoms with Gasteiger partial charge in [-0.1, -0.05) is 6.92 Å². The Morgan fingerprint density at radius 2 is 1.85 bits per heavy atom. The maximum absolute atomic E-state index is 6.06. The molecule has 1 atom stereocenters. The lowest BCUT2D eigenvalue weighted by Crippen LogP contribution is -2.41. The summed E-state index contributed by atoms with van der Waals surface area (Å²) in [5.41, 5.74) is 0.376. The van der Waals surface area contributed by atoms with Crippen molar-refractivity contribution in [2.24, 2.45) is 0 Å². The lowest BCUT2D eigenvalue weighted by molar-refractivity contribution is 0.00578. The van der Waals surface area contributed by atoms with Gasteiger partial charge >= 0.3 is 7.12 Å². The molecule has 0 bridgehead atoms. The Balaban J connectivity index is 2.17. The average Bonchev–Trinajstić information content (AvgIpc) is 2.59. The summed E-state index contributed by atoms with van der Waals surface area (Å²) in [5.74, 6) is 0.867. The van der Waals surface area contributed by atoms with Gasteiger partial charge < -0.3 is 14.6 Å². The molecule has 2 rings (SSSR count). The Bertz CT molecular complexity index is 461. The summed E-state index contributed by atoms with van der Waals surface area (Å²) in [6, 6.07) is 4.36. The number of rotatable bonds is 4. The Morgan fingerprint density at radius 1 is 1.25 bits per heavy atom. The molecular weight excluding hydrogens is 251 g/mol. The second-order valence-electron chi connectivity index (χ2n) is 6.52. The van der Waals surface area contributed by atoms with Gasteiger partial charge in [-0.05, 0) is 58.6 Å². The summed E-state index contributed by atoms with van der Waals surface area (Å²) >= 11 is 0. The molecule has 0 saturated carbocycles. The van der Waals surface area contributed by atoms with Crippen molar-refractivity contribution in [3.63, 3.8) is 0 Å². The fourth-order valence-electron chi connectivity index (χ4n) is 2.01. The number of aromatic nitrogens is 1. The third kappa shape index (κ3) is 2.99. The van der Waals surface area contributed by atoms with Crippen LogP contribution in [-0.4, -0.2) is 29.3 Å². The molecule has 0 amide bonds. The summed E-state index contributed by atoms with van der Waals surface area (Å²) < 4.78 is 12.1. The second-order valence-corrected chi connectivity index (χ2v) is 6.52. The molecule has 1 aliphatic rings. The molecule has 1 aromatic rings. The van der Waals surface area contributed by atoms with Crippen LogP contribution in [0.2, 0.25) is 0 Å². The topological polar surface area (TPSA) is 43.4 Å². The first-order valence-corrected chi connectivity index (χ1v) is 7.33. The summed E-state index contributed by atoms with van der Waals surface area (Å²) in [5, 5.41) is 3.37. The highest BCUT2D eigenvalue weighted by molar-refractivity contribution is 6.62. The van der Waals surface area contributed by atoms with Gasteiger partial charge in [-0.25, -0.2) is 4.98 Å². The van der Waals surface area contributed by atoms with Gasteiger partial charge in [-0.2, -0.15) is 0 Å². The Labute approximate surface area is 122 Å². The highest BCUT2D eigenvalue weighted by Crippen LogP contribution is 2.36. The van der Waals surface area contributed by atoms with Crippen LogP contribution in [0.5, 0.6) is 0 Å². The van der Waals surface area contributed by atoms with Crippen LogP contribution >= 0.6 is 0 Å². The van der Waals surface area contributed by atoms with Crippen LogP contribution in [-0.2, 0) is 9.31 Å². The van der Waals surface area contributed by atoms with Crippen LogP contribution < -0.4 is 10.8 Å². The quantitative estimate of drug-likeness (QED) is 0.858. The van der Waals surface area contributed by atoms with E-state index in [0.717, 1.165) is 17.7 Å². The normalized spacial score (nSPS) is 21.8. The molecule has 0 aromatic carbocycles. The van der Waals surface area contributed by atoms with Gasteiger partial charge in [0.1, 0.15) is 5.82 Å². The third-order valence-electron chi connectivity index (χ3n) is 4.32. The van der Waals surface area contributed by atoms with Crippen LogP contribution in [0.25, 0.3) is 0 Å². The van der Waals surface area contributed by atoms with Gasteiger partial charge in [0.15, 0.2) is 0 Å². The summed E-state index contributed by atoms with van der Waals surface area (Å²) in [7, 11) is -0.333. The molecule has 1 fully saturated rings. The predicted octanol–water partition coefficient (Wildman–Crippen LogP) is 2.59. The number of hydrogen-bond donors (Lipinski definition) is 1. The van der Waals surface area contributed by atoms with Crippen molar-refractivity contribution in [2.75, 3.05) is 5.32 Å². The molecule has 1 aliphatic heterocycles. The van der Waals surface area contributed by atoms with Crippen LogP contribution in [0.15, 0.2) is 18.3 Å². The minimum atomic E-state index is -0.333. The molecular formula is C15H25BN2O2. The van der Waals surface area contributed by atoms with Crippen LogP contribution in [0, 0.1) is 0 Å². The lowest BCUT2D eigenvalue weighted by atomic mass is 9.80. The third-order valence-corrected chi connectivity index (χ3v) is 4.32. The van der Waals surface area contributed by atoms with E-state index in [-0.39, 0.29) is 18.3 Å². The first-order chi connectivity index (χ1) is 9.25. The average molecular weight is 276 g/mol. The Kier molecular flexibility index (Phi) is 4.12. The molecule has 2 heterocycles. The SMILES string of the molecule is CCC(C)Nc1cc(B2OC(C)(C)C(C)(C)O2)ccn1. The molecule has 1 N–H and O–H groups in total. The second kappa shape index (κ2) is 5.37. The first kappa shape index (κ1) is 15.3. The van der Waals surface area contributed by atoms with Crippen molar-refractivity contribution in [2.45, 2.75) is 65.2 Å². The number of pyridine rings is 1. The van der Waals surface area contributed by atoms with Crippen molar-refractivity contribution >= 4 is 18.4 Å². The van der Waals surface area contributed by atoms with Gasteiger partial charge in [0.25, 0.3) is 0 Å². The lowest BCUT2D eigenvalue weighted by Gasteiger charge is -2.32. The fraction of sp³-hybridized carbons (Fsp3) is 0.667. The molecule has 1 saturated heterocycles. The number of nitrogens with zero attached hydrogens (tertiary/aromatic N) is 1. The van der Waals surface area contributed by atoms with Crippen molar-refractivity contribution in [1.29, 1.82) is 0 Å². The van der Waals surface area contributed by atoms with Gasteiger partial charge in [0.05, 0.1) is 11.2 Å². The van der Waals surface area contributed by atoms with E-state index in [9.17, 15) is 0 Å². The van der Waals surface area contributed by atoms with E-state index in [2.05, 4.69) is 51.8 Å². The number of anilines is 1. The monoisotopic (exact) mass is 276 g/mol. The van der Waals surface area contributed by atoms with Crippen molar-refractivity contribution < 1.29 is 9.31 Å². The molecule has 4 nitrogen and oxygen atoms in total. The number of hydrogen-bond acceptors (Lipinski definition) is 4. The van der Waals surface area contributed by atoms with E-state index < -0.39 is 0 Å². The van der Waals surface area contributed by atoms with E-state index in [1.807, 2.05) is 12.1 Å². The van der Waals surface area contributed by atoms with Crippen molar-refractivity contribution in [1.82, 2.24) is 4.98 Å². The minimum Gasteiger partial charge on any atom is -0.399 e. The van der Waals surface area contributed by atoms with Crippen molar-refractivity contribution in [3.8, 4) is 0 Å². The van der Waals surface area contributed by atoms with E-state index in [1.54, 1.807) is 6.20 Å². The predicted molar refractivity (Wildman–Crippen MR) is 83.3 cm³/mol. The highest BCUT2D eigenvalue weighted by atomic mass is 16.7. The number of nitrogens with one attached hydrogen (secondary N) is 1. The Hall–Kier alpha value is -1.07. The maximum atomic E-state index is 6.06. The highest BCUT2D eigenvalue weighted by Gasteiger charge is 2.51. The van der Waals surface area contributed by atoms with Gasteiger partial charge in [-0.15, -0.1) is 0 Å². The van der Waals surface area contributed by atoms with Crippen LogP contribution in [0.3, 0.4) is 0 Å². The minimum absolute atomic E-state index is 0.314. The fourth-order valence-corrected chi connectivity index (χ4v) is 2.01. The van der Waals surface area contributed by atoms with E-state index in [4.69, 9.17) is 9.31 Å². The first-order valence-electron chi connectivity index (χ1n) is 7.33. The van der Waals surface area contributed by atoms with E-state index >= 15 is 0 Å². The smallest absolute Gasteiger partial charge is 0.399 e. The summed E-state index contributed by atoms with van der Waals surface area (Å²) in [6.45, 7) is 12.5. The zero-order valence-electron chi connectivity index (χ0n) is 13.4. The van der Waals surface area contributed by atoms with Gasteiger partial charge in [-0.3, -0.25) is 0 Å². The largest absolute Gasteiger partial charge is 0.495 e. The van der Waals surface area contributed by atoms with E-state index in [1.165, 1.54) is 0 Å². The molecule has 1 unspecified atom stereocenters. The maximum Gasteiger partial charge on any atom is 0.495 e. The molecule has 0 radical (unpaired) electrons. The standard InChI is InChI=1S/C15H25BN2O2/c1-7-11(2)18-13-10-12(8-9-17-13)16-19-14(3,4)15(5,6)20-16/h8-11H,7H2,1-6H3,(H,17,18). The molecule has 110 valence electrons. The molecule has 0 spiro atoms.